The molecule has 0 saturated carbocycles. The second-order valence-electron chi connectivity index (χ2n) is 3.05. The quantitative estimate of drug-likeness (QED) is 0.655. The number of aromatic amines is 1. The van der Waals surface area contributed by atoms with Crippen molar-refractivity contribution in [2.45, 2.75) is 25.8 Å². The van der Waals surface area contributed by atoms with Crippen molar-refractivity contribution in [1.29, 1.82) is 0 Å². The zero-order valence-corrected chi connectivity index (χ0v) is 8.78. The largest absolute Gasteiger partial charge is 0.354 e. The molecule has 1 atom stereocenters. The lowest BCUT2D eigenvalue weighted by molar-refractivity contribution is -0.119. The highest BCUT2D eigenvalue weighted by Gasteiger charge is 2.14. The Kier molecular flexibility index (Phi) is 4.58. The van der Waals surface area contributed by atoms with Crippen molar-refractivity contribution in [3.63, 3.8) is 0 Å². The van der Waals surface area contributed by atoms with E-state index >= 15 is 0 Å². The van der Waals surface area contributed by atoms with Gasteiger partial charge in [-0.15, -0.1) is 0 Å². The molecule has 0 bridgehead atoms. The summed E-state index contributed by atoms with van der Waals surface area (Å²) in [6, 6.07) is 0.120. The highest BCUT2D eigenvalue weighted by molar-refractivity contribution is 4.86. The molecule has 2 N–H and O–H groups in total. The summed E-state index contributed by atoms with van der Waals surface area (Å²) in [5.41, 5.74) is 0. The van der Waals surface area contributed by atoms with Gasteiger partial charge in [-0.3, -0.25) is 0 Å². The Balaban J connectivity index is 2.30. The number of hydrogen-bond donors (Lipinski definition) is 2. The van der Waals surface area contributed by atoms with Crippen molar-refractivity contribution < 1.29 is 9.47 Å². The van der Waals surface area contributed by atoms with Crippen LogP contribution in [0.1, 0.15) is 12.7 Å². The smallest absolute Gasteiger partial charge is 0.171 e. The van der Waals surface area contributed by atoms with Crippen LogP contribution in [-0.4, -0.2) is 36.5 Å². The van der Waals surface area contributed by atoms with Gasteiger partial charge in [-0.1, -0.05) is 0 Å². The van der Waals surface area contributed by atoms with Crippen molar-refractivity contribution in [2.24, 2.45) is 0 Å². The molecule has 1 aromatic heterocycles. The Morgan fingerprint density at radius 1 is 1.50 bits per heavy atom. The maximum atomic E-state index is 5.12. The molecule has 0 spiro atoms. The molecule has 0 aliphatic rings. The van der Waals surface area contributed by atoms with Gasteiger partial charge in [0.25, 0.3) is 0 Å². The SMILES string of the molecule is COC(OC)C(C)NCc1ncc[nH]1. The van der Waals surface area contributed by atoms with Crippen molar-refractivity contribution in [2.75, 3.05) is 14.2 Å². The van der Waals surface area contributed by atoms with Crippen LogP contribution < -0.4 is 5.32 Å². The molecule has 5 nitrogen and oxygen atoms in total. The first-order chi connectivity index (χ1) is 6.77. The van der Waals surface area contributed by atoms with Gasteiger partial charge in [-0.2, -0.15) is 0 Å². The van der Waals surface area contributed by atoms with E-state index < -0.39 is 0 Å². The molecule has 1 aromatic rings. The molecule has 1 rings (SSSR count). The van der Waals surface area contributed by atoms with Gasteiger partial charge in [-0.25, -0.2) is 4.98 Å². The number of methoxy groups -OCH3 is 2. The third-order valence-corrected chi connectivity index (χ3v) is 2.02. The molecule has 1 heterocycles. The lowest BCUT2D eigenvalue weighted by atomic mass is 10.3. The number of rotatable bonds is 6. The minimum Gasteiger partial charge on any atom is -0.354 e. The topological polar surface area (TPSA) is 59.2 Å². The Hall–Kier alpha value is -0.910. The molecule has 0 fully saturated rings. The molecule has 0 radical (unpaired) electrons. The molecule has 0 aliphatic heterocycles. The Bertz CT molecular complexity index is 234. The molecule has 5 heteroatoms. The Labute approximate surface area is 83.8 Å². The van der Waals surface area contributed by atoms with Crippen LogP contribution in [0, 0.1) is 0 Å². The van der Waals surface area contributed by atoms with Crippen LogP contribution in [0.25, 0.3) is 0 Å². The van der Waals surface area contributed by atoms with Gasteiger partial charge in [0.05, 0.1) is 12.6 Å². The van der Waals surface area contributed by atoms with E-state index in [0.717, 1.165) is 5.82 Å². The second kappa shape index (κ2) is 5.74. The highest BCUT2D eigenvalue weighted by atomic mass is 16.7. The van der Waals surface area contributed by atoms with E-state index in [1.165, 1.54) is 0 Å². The molecule has 80 valence electrons. The third-order valence-electron chi connectivity index (χ3n) is 2.02. The molecule has 14 heavy (non-hydrogen) atoms. The normalized spacial score (nSPS) is 13.4. The molecule has 0 saturated heterocycles. The molecule has 0 aromatic carbocycles. The maximum Gasteiger partial charge on any atom is 0.171 e. The van der Waals surface area contributed by atoms with E-state index in [0.29, 0.717) is 6.54 Å². The maximum absolute atomic E-state index is 5.12. The van der Waals surface area contributed by atoms with Crippen molar-refractivity contribution in [3.05, 3.63) is 18.2 Å². The van der Waals surface area contributed by atoms with Gasteiger partial charge in [0, 0.05) is 26.6 Å². The van der Waals surface area contributed by atoms with E-state index in [9.17, 15) is 0 Å². The van der Waals surface area contributed by atoms with Crippen LogP contribution in [0.2, 0.25) is 0 Å². The number of hydrogen-bond acceptors (Lipinski definition) is 4. The zero-order chi connectivity index (χ0) is 10.4. The summed E-state index contributed by atoms with van der Waals surface area (Å²) in [7, 11) is 3.25. The standard InChI is InChI=1S/C9H17N3O2/c1-7(9(13-2)14-3)12-6-8-10-4-5-11-8/h4-5,7,9,12H,6H2,1-3H3,(H,10,11). The minimum atomic E-state index is -0.232. The highest BCUT2D eigenvalue weighted by Crippen LogP contribution is 1.99. The van der Waals surface area contributed by atoms with Gasteiger partial charge in [0.1, 0.15) is 5.82 Å². The van der Waals surface area contributed by atoms with Crippen LogP contribution >= 0.6 is 0 Å². The van der Waals surface area contributed by atoms with E-state index in [2.05, 4.69) is 15.3 Å². The Morgan fingerprint density at radius 3 is 2.71 bits per heavy atom. The summed E-state index contributed by atoms with van der Waals surface area (Å²) in [4.78, 5) is 7.11. The monoisotopic (exact) mass is 199 g/mol. The number of ether oxygens (including phenoxy) is 2. The van der Waals surface area contributed by atoms with Gasteiger partial charge in [0.2, 0.25) is 0 Å². The fourth-order valence-corrected chi connectivity index (χ4v) is 1.25. The average molecular weight is 199 g/mol. The number of nitrogens with one attached hydrogen (secondary N) is 2. The van der Waals surface area contributed by atoms with Gasteiger partial charge >= 0.3 is 0 Å². The molecule has 0 aliphatic carbocycles. The number of H-pyrrole nitrogens is 1. The summed E-state index contributed by atoms with van der Waals surface area (Å²) < 4.78 is 10.2. The predicted octanol–water partition coefficient (Wildman–Crippen LogP) is 0.507. The number of nitrogens with zero attached hydrogens (tertiary/aromatic N) is 1. The fraction of sp³-hybridized carbons (Fsp3) is 0.667. The summed E-state index contributed by atoms with van der Waals surface area (Å²) in [6.07, 6.45) is 3.29. The fourth-order valence-electron chi connectivity index (χ4n) is 1.25. The van der Waals surface area contributed by atoms with Crippen molar-refractivity contribution >= 4 is 0 Å². The molecular weight excluding hydrogens is 182 g/mol. The van der Waals surface area contributed by atoms with Gasteiger partial charge in [0.15, 0.2) is 6.29 Å². The van der Waals surface area contributed by atoms with Gasteiger partial charge in [-0.05, 0) is 6.92 Å². The van der Waals surface area contributed by atoms with Crippen LogP contribution in [0.3, 0.4) is 0 Å². The molecule has 0 amide bonds. The summed E-state index contributed by atoms with van der Waals surface area (Å²) in [6.45, 7) is 2.68. The first kappa shape index (κ1) is 11.2. The Morgan fingerprint density at radius 2 is 2.21 bits per heavy atom. The predicted molar refractivity (Wildman–Crippen MR) is 52.7 cm³/mol. The molecule has 1 unspecified atom stereocenters. The molecular formula is C9H17N3O2. The lowest BCUT2D eigenvalue weighted by Gasteiger charge is -2.21. The number of imidazole rings is 1. The second-order valence-corrected chi connectivity index (χ2v) is 3.05. The average Bonchev–Trinajstić information content (AvgIpc) is 2.69. The van der Waals surface area contributed by atoms with E-state index in [-0.39, 0.29) is 12.3 Å². The lowest BCUT2D eigenvalue weighted by Crippen LogP contribution is -2.39. The zero-order valence-electron chi connectivity index (χ0n) is 8.78. The first-order valence-electron chi connectivity index (χ1n) is 4.55. The van der Waals surface area contributed by atoms with Crippen LogP contribution in [0.4, 0.5) is 0 Å². The van der Waals surface area contributed by atoms with E-state index in [1.54, 1.807) is 26.6 Å². The van der Waals surface area contributed by atoms with Crippen LogP contribution in [0.15, 0.2) is 12.4 Å². The first-order valence-corrected chi connectivity index (χ1v) is 4.55. The van der Waals surface area contributed by atoms with E-state index in [4.69, 9.17) is 9.47 Å². The van der Waals surface area contributed by atoms with Crippen molar-refractivity contribution in [3.8, 4) is 0 Å². The summed E-state index contributed by atoms with van der Waals surface area (Å²) in [5, 5.41) is 3.24. The summed E-state index contributed by atoms with van der Waals surface area (Å²) >= 11 is 0. The van der Waals surface area contributed by atoms with Gasteiger partial charge < -0.3 is 19.8 Å². The van der Waals surface area contributed by atoms with Crippen molar-refractivity contribution in [1.82, 2.24) is 15.3 Å². The summed E-state index contributed by atoms with van der Waals surface area (Å²) in [5.74, 6) is 0.905. The van der Waals surface area contributed by atoms with Crippen LogP contribution in [0.5, 0.6) is 0 Å². The van der Waals surface area contributed by atoms with Crippen LogP contribution in [-0.2, 0) is 16.0 Å². The number of aromatic nitrogens is 2. The minimum absolute atomic E-state index is 0.120. The third kappa shape index (κ3) is 3.10. The van der Waals surface area contributed by atoms with E-state index in [1.807, 2.05) is 6.92 Å².